The molecule has 0 spiro atoms. The second kappa shape index (κ2) is 3.82. The maximum atomic E-state index is 11.3. The molecular formula is C12H15NO. The molecule has 1 aliphatic heterocycles. The Balaban J connectivity index is 2.20. The summed E-state index contributed by atoms with van der Waals surface area (Å²) in [5.74, 6) is 1.11. The molecule has 0 unspecified atom stereocenters. The summed E-state index contributed by atoms with van der Waals surface area (Å²) < 4.78 is 0. The number of carbonyl (C=O) groups excluding carboxylic acids is 1. The number of carbonyl (C=O) groups is 1. The molecule has 1 aromatic carbocycles. The van der Waals surface area contributed by atoms with Gasteiger partial charge in [0.2, 0.25) is 5.91 Å². The van der Waals surface area contributed by atoms with Crippen LogP contribution in [0.3, 0.4) is 0 Å². The molecule has 0 radical (unpaired) electrons. The number of hydrogen-bond acceptors (Lipinski definition) is 1. The zero-order valence-electron chi connectivity index (χ0n) is 8.36. The lowest BCUT2D eigenvalue weighted by Crippen LogP contribution is -2.38. The van der Waals surface area contributed by atoms with Gasteiger partial charge in [-0.15, -0.1) is 0 Å². The average Bonchev–Trinajstić information content (AvgIpc) is 2.23. The number of amides is 1. The van der Waals surface area contributed by atoms with E-state index in [9.17, 15) is 4.79 Å². The van der Waals surface area contributed by atoms with Crippen LogP contribution in [0.4, 0.5) is 0 Å². The van der Waals surface area contributed by atoms with E-state index in [0.29, 0.717) is 18.3 Å². The minimum Gasteiger partial charge on any atom is -0.356 e. The van der Waals surface area contributed by atoms with Gasteiger partial charge in [0.15, 0.2) is 0 Å². The van der Waals surface area contributed by atoms with E-state index in [1.165, 1.54) is 5.56 Å². The van der Waals surface area contributed by atoms with Gasteiger partial charge in [-0.1, -0.05) is 37.3 Å². The van der Waals surface area contributed by atoms with Gasteiger partial charge >= 0.3 is 0 Å². The normalized spacial score (nSPS) is 27.1. The van der Waals surface area contributed by atoms with Crippen molar-refractivity contribution >= 4 is 5.91 Å². The number of piperidine rings is 1. The van der Waals surface area contributed by atoms with E-state index < -0.39 is 0 Å². The monoisotopic (exact) mass is 189 g/mol. The van der Waals surface area contributed by atoms with E-state index in [1.807, 2.05) is 18.2 Å². The summed E-state index contributed by atoms with van der Waals surface area (Å²) in [7, 11) is 0. The van der Waals surface area contributed by atoms with E-state index in [4.69, 9.17) is 0 Å². The van der Waals surface area contributed by atoms with E-state index in [-0.39, 0.29) is 5.91 Å². The van der Waals surface area contributed by atoms with Crippen molar-refractivity contribution in [2.45, 2.75) is 19.3 Å². The van der Waals surface area contributed by atoms with E-state index in [0.717, 1.165) is 6.54 Å². The van der Waals surface area contributed by atoms with Crippen molar-refractivity contribution in [1.82, 2.24) is 5.32 Å². The van der Waals surface area contributed by atoms with Crippen molar-refractivity contribution in [2.24, 2.45) is 5.92 Å². The molecule has 1 N–H and O–H groups in total. The molecule has 1 fully saturated rings. The fourth-order valence-corrected chi connectivity index (χ4v) is 2.04. The minimum absolute atomic E-state index is 0.178. The molecule has 0 saturated carbocycles. The summed E-state index contributed by atoms with van der Waals surface area (Å²) >= 11 is 0. The highest BCUT2D eigenvalue weighted by molar-refractivity contribution is 5.77. The van der Waals surface area contributed by atoms with Crippen molar-refractivity contribution in [3.63, 3.8) is 0 Å². The molecule has 0 aliphatic carbocycles. The molecule has 2 heteroatoms. The summed E-state index contributed by atoms with van der Waals surface area (Å²) in [6, 6.07) is 10.3. The number of nitrogens with one attached hydrogen (secondary N) is 1. The third-order valence-corrected chi connectivity index (χ3v) is 2.94. The zero-order chi connectivity index (χ0) is 9.97. The van der Waals surface area contributed by atoms with Gasteiger partial charge < -0.3 is 5.32 Å². The van der Waals surface area contributed by atoms with Crippen LogP contribution in [-0.4, -0.2) is 12.5 Å². The summed E-state index contributed by atoms with van der Waals surface area (Å²) in [5.41, 5.74) is 1.29. The Morgan fingerprint density at radius 1 is 1.29 bits per heavy atom. The van der Waals surface area contributed by atoms with Crippen LogP contribution in [0.5, 0.6) is 0 Å². The quantitative estimate of drug-likeness (QED) is 0.718. The first-order valence-electron chi connectivity index (χ1n) is 5.09. The molecule has 1 aliphatic rings. The van der Waals surface area contributed by atoms with Gasteiger partial charge in [0.25, 0.3) is 0 Å². The molecule has 74 valence electrons. The lowest BCUT2D eigenvalue weighted by Gasteiger charge is -2.29. The summed E-state index contributed by atoms with van der Waals surface area (Å²) in [6.07, 6.45) is 0.630. The maximum absolute atomic E-state index is 11.3. The first kappa shape index (κ1) is 9.25. The highest BCUT2D eigenvalue weighted by Crippen LogP contribution is 2.29. The van der Waals surface area contributed by atoms with Gasteiger partial charge in [-0.2, -0.15) is 0 Å². The Morgan fingerprint density at radius 2 is 2.00 bits per heavy atom. The molecule has 1 heterocycles. The highest BCUT2D eigenvalue weighted by atomic mass is 16.1. The van der Waals surface area contributed by atoms with Crippen LogP contribution in [0.1, 0.15) is 24.8 Å². The van der Waals surface area contributed by atoms with Gasteiger partial charge in [0, 0.05) is 13.0 Å². The fourth-order valence-electron chi connectivity index (χ4n) is 2.04. The third-order valence-electron chi connectivity index (χ3n) is 2.94. The van der Waals surface area contributed by atoms with Crippen LogP contribution in [0.25, 0.3) is 0 Å². The minimum atomic E-state index is 0.178. The Labute approximate surface area is 84.3 Å². The standard InChI is InChI=1S/C12H15NO/c1-9-8-13-12(14)7-11(9)10-5-3-2-4-6-10/h2-6,9,11H,7-8H2,1H3,(H,13,14)/t9-,11-/m1/s1. The summed E-state index contributed by atoms with van der Waals surface area (Å²) in [4.78, 5) is 11.3. The van der Waals surface area contributed by atoms with Crippen LogP contribution in [0, 0.1) is 5.92 Å². The number of rotatable bonds is 1. The Morgan fingerprint density at radius 3 is 2.71 bits per heavy atom. The Hall–Kier alpha value is -1.31. The molecule has 1 amide bonds. The molecular weight excluding hydrogens is 174 g/mol. The Bertz CT molecular complexity index is 320. The fraction of sp³-hybridized carbons (Fsp3) is 0.417. The molecule has 14 heavy (non-hydrogen) atoms. The van der Waals surface area contributed by atoms with Crippen molar-refractivity contribution < 1.29 is 4.79 Å². The van der Waals surface area contributed by atoms with Gasteiger partial charge in [-0.3, -0.25) is 4.79 Å². The van der Waals surface area contributed by atoms with Crippen LogP contribution in [0.2, 0.25) is 0 Å². The molecule has 2 rings (SSSR count). The van der Waals surface area contributed by atoms with Gasteiger partial charge in [0.05, 0.1) is 0 Å². The molecule has 2 nitrogen and oxygen atoms in total. The number of benzene rings is 1. The van der Waals surface area contributed by atoms with Crippen LogP contribution in [-0.2, 0) is 4.79 Å². The first-order valence-corrected chi connectivity index (χ1v) is 5.09. The van der Waals surface area contributed by atoms with Crippen molar-refractivity contribution in [3.8, 4) is 0 Å². The van der Waals surface area contributed by atoms with Gasteiger partial charge in [-0.05, 0) is 17.4 Å². The van der Waals surface area contributed by atoms with E-state index >= 15 is 0 Å². The second-order valence-electron chi connectivity index (χ2n) is 4.00. The van der Waals surface area contributed by atoms with Crippen molar-refractivity contribution in [1.29, 1.82) is 0 Å². The predicted octanol–water partition coefficient (Wildman–Crippen LogP) is 1.93. The lowest BCUT2D eigenvalue weighted by molar-refractivity contribution is -0.123. The van der Waals surface area contributed by atoms with Gasteiger partial charge in [0.1, 0.15) is 0 Å². The zero-order valence-corrected chi connectivity index (χ0v) is 8.36. The van der Waals surface area contributed by atoms with E-state index in [1.54, 1.807) is 0 Å². The molecule has 1 aromatic rings. The van der Waals surface area contributed by atoms with Crippen molar-refractivity contribution in [3.05, 3.63) is 35.9 Å². The first-order chi connectivity index (χ1) is 6.77. The van der Waals surface area contributed by atoms with Crippen LogP contribution in [0.15, 0.2) is 30.3 Å². The largest absolute Gasteiger partial charge is 0.356 e. The average molecular weight is 189 g/mol. The highest BCUT2D eigenvalue weighted by Gasteiger charge is 2.26. The maximum Gasteiger partial charge on any atom is 0.220 e. The summed E-state index contributed by atoms with van der Waals surface area (Å²) in [6.45, 7) is 3.00. The Kier molecular flexibility index (Phi) is 2.53. The second-order valence-corrected chi connectivity index (χ2v) is 4.00. The molecule has 2 atom stereocenters. The van der Waals surface area contributed by atoms with E-state index in [2.05, 4.69) is 24.4 Å². The lowest BCUT2D eigenvalue weighted by atomic mass is 9.82. The summed E-state index contributed by atoms with van der Waals surface area (Å²) in [5, 5.41) is 2.89. The molecule has 0 bridgehead atoms. The predicted molar refractivity (Wildman–Crippen MR) is 56.0 cm³/mol. The van der Waals surface area contributed by atoms with Crippen LogP contribution < -0.4 is 5.32 Å². The third kappa shape index (κ3) is 1.79. The smallest absolute Gasteiger partial charge is 0.220 e. The number of hydrogen-bond donors (Lipinski definition) is 1. The van der Waals surface area contributed by atoms with Crippen molar-refractivity contribution in [2.75, 3.05) is 6.54 Å². The molecule has 1 saturated heterocycles. The van der Waals surface area contributed by atoms with Gasteiger partial charge in [-0.25, -0.2) is 0 Å². The topological polar surface area (TPSA) is 29.1 Å². The van der Waals surface area contributed by atoms with Crippen LogP contribution >= 0.6 is 0 Å². The molecule has 0 aromatic heterocycles. The SMILES string of the molecule is C[C@@H]1CNC(=O)C[C@H]1c1ccccc1.